The third kappa shape index (κ3) is 3.13. The molecule has 0 aliphatic rings. The van der Waals surface area contributed by atoms with Gasteiger partial charge in [-0.2, -0.15) is 4.98 Å². The van der Waals surface area contributed by atoms with Gasteiger partial charge in [0.05, 0.1) is 5.52 Å². The van der Waals surface area contributed by atoms with Crippen LogP contribution in [-0.2, 0) is 6.54 Å². The number of hydrogen-bond acceptors (Lipinski definition) is 6. The maximum absolute atomic E-state index is 12.1. The molecule has 0 saturated heterocycles. The first-order valence-corrected chi connectivity index (χ1v) is 6.98. The second-order valence-corrected chi connectivity index (χ2v) is 5.13. The SMILES string of the molecule is Nc1cccc(C(=O)NCc2ccc3c(N)nc(N)nc3c2)c1. The Morgan fingerprint density at radius 2 is 1.87 bits per heavy atom. The average Bonchev–Trinajstić information content (AvgIpc) is 2.52. The Labute approximate surface area is 132 Å². The highest BCUT2D eigenvalue weighted by molar-refractivity contribution is 5.95. The van der Waals surface area contributed by atoms with E-state index < -0.39 is 0 Å². The lowest BCUT2D eigenvalue weighted by Gasteiger charge is -2.08. The van der Waals surface area contributed by atoms with Crippen molar-refractivity contribution >= 4 is 34.3 Å². The van der Waals surface area contributed by atoms with E-state index in [0.29, 0.717) is 29.1 Å². The van der Waals surface area contributed by atoms with E-state index in [-0.39, 0.29) is 11.9 Å². The summed E-state index contributed by atoms with van der Waals surface area (Å²) in [5.74, 6) is 0.262. The van der Waals surface area contributed by atoms with Crippen molar-refractivity contribution in [3.63, 3.8) is 0 Å². The van der Waals surface area contributed by atoms with Crippen molar-refractivity contribution in [2.45, 2.75) is 6.54 Å². The van der Waals surface area contributed by atoms with Gasteiger partial charge in [-0.05, 0) is 35.9 Å². The number of nitrogens with two attached hydrogens (primary N) is 3. The molecular formula is C16H16N6O. The molecule has 23 heavy (non-hydrogen) atoms. The second kappa shape index (κ2) is 5.80. The quantitative estimate of drug-likeness (QED) is 0.539. The molecule has 0 unspecified atom stereocenters. The van der Waals surface area contributed by atoms with Crippen molar-refractivity contribution in [2.75, 3.05) is 17.2 Å². The molecule has 0 aliphatic heterocycles. The van der Waals surface area contributed by atoms with Gasteiger partial charge in [0, 0.05) is 23.2 Å². The molecule has 0 aliphatic carbocycles. The summed E-state index contributed by atoms with van der Waals surface area (Å²) >= 11 is 0. The van der Waals surface area contributed by atoms with Gasteiger partial charge in [0.25, 0.3) is 5.91 Å². The lowest BCUT2D eigenvalue weighted by Crippen LogP contribution is -2.22. The zero-order chi connectivity index (χ0) is 16.4. The number of nitrogen functional groups attached to an aromatic ring is 3. The van der Waals surface area contributed by atoms with Crippen LogP contribution in [-0.4, -0.2) is 15.9 Å². The van der Waals surface area contributed by atoms with Crippen LogP contribution in [0.1, 0.15) is 15.9 Å². The molecule has 0 bridgehead atoms. The van der Waals surface area contributed by atoms with Crippen molar-refractivity contribution in [3.05, 3.63) is 53.6 Å². The number of nitrogens with zero attached hydrogens (tertiary/aromatic N) is 2. The first-order chi connectivity index (χ1) is 11.0. The monoisotopic (exact) mass is 308 g/mol. The van der Waals surface area contributed by atoms with Crippen LogP contribution >= 0.6 is 0 Å². The summed E-state index contributed by atoms with van der Waals surface area (Å²) in [7, 11) is 0. The summed E-state index contributed by atoms with van der Waals surface area (Å²) in [5.41, 5.74) is 19.7. The van der Waals surface area contributed by atoms with Crippen molar-refractivity contribution in [3.8, 4) is 0 Å². The van der Waals surface area contributed by atoms with Crippen LogP contribution in [0.25, 0.3) is 10.9 Å². The van der Waals surface area contributed by atoms with Gasteiger partial charge in [-0.15, -0.1) is 0 Å². The third-order valence-corrected chi connectivity index (χ3v) is 3.41. The Bertz CT molecular complexity index is 893. The lowest BCUT2D eigenvalue weighted by atomic mass is 10.1. The number of carbonyl (C=O) groups excluding carboxylic acids is 1. The Kier molecular flexibility index (Phi) is 3.68. The molecule has 116 valence electrons. The van der Waals surface area contributed by atoms with Crippen LogP contribution in [0.5, 0.6) is 0 Å². The highest BCUT2D eigenvalue weighted by Gasteiger charge is 2.07. The maximum atomic E-state index is 12.1. The van der Waals surface area contributed by atoms with Crippen LogP contribution in [0, 0.1) is 0 Å². The molecular weight excluding hydrogens is 292 g/mol. The summed E-state index contributed by atoms with van der Waals surface area (Å²) in [4.78, 5) is 20.2. The molecule has 7 nitrogen and oxygen atoms in total. The Morgan fingerprint density at radius 3 is 2.65 bits per heavy atom. The van der Waals surface area contributed by atoms with E-state index in [1.165, 1.54) is 0 Å². The van der Waals surface area contributed by atoms with E-state index in [1.807, 2.05) is 18.2 Å². The van der Waals surface area contributed by atoms with Gasteiger partial charge in [0.15, 0.2) is 0 Å². The summed E-state index contributed by atoms with van der Waals surface area (Å²) in [6.45, 7) is 0.355. The predicted octanol–water partition coefficient (Wildman–Crippen LogP) is 1.31. The fourth-order valence-electron chi connectivity index (χ4n) is 2.29. The fourth-order valence-corrected chi connectivity index (χ4v) is 2.29. The van der Waals surface area contributed by atoms with Crippen LogP contribution in [0.15, 0.2) is 42.5 Å². The molecule has 0 radical (unpaired) electrons. The molecule has 1 amide bonds. The molecule has 1 heterocycles. The van der Waals surface area contributed by atoms with Crippen molar-refractivity contribution in [1.29, 1.82) is 0 Å². The summed E-state index contributed by atoms with van der Waals surface area (Å²) in [5, 5.41) is 3.56. The van der Waals surface area contributed by atoms with Crippen LogP contribution in [0.2, 0.25) is 0 Å². The molecule has 0 saturated carbocycles. The maximum Gasteiger partial charge on any atom is 0.251 e. The Morgan fingerprint density at radius 1 is 1.04 bits per heavy atom. The molecule has 0 spiro atoms. The smallest absolute Gasteiger partial charge is 0.251 e. The summed E-state index contributed by atoms with van der Waals surface area (Å²) in [6.07, 6.45) is 0. The first-order valence-electron chi connectivity index (χ1n) is 6.98. The van der Waals surface area contributed by atoms with Gasteiger partial charge in [-0.25, -0.2) is 4.98 Å². The first kappa shape index (κ1) is 14.6. The van der Waals surface area contributed by atoms with Crippen LogP contribution < -0.4 is 22.5 Å². The number of rotatable bonds is 3. The van der Waals surface area contributed by atoms with Crippen molar-refractivity contribution < 1.29 is 4.79 Å². The van der Waals surface area contributed by atoms with E-state index in [4.69, 9.17) is 17.2 Å². The number of amides is 1. The zero-order valence-corrected chi connectivity index (χ0v) is 12.3. The number of carbonyl (C=O) groups is 1. The van der Waals surface area contributed by atoms with Gasteiger partial charge in [0.2, 0.25) is 5.95 Å². The van der Waals surface area contributed by atoms with E-state index in [1.54, 1.807) is 24.3 Å². The number of fused-ring (bicyclic) bond motifs is 1. The van der Waals surface area contributed by atoms with E-state index in [2.05, 4.69) is 15.3 Å². The molecule has 7 heteroatoms. The lowest BCUT2D eigenvalue weighted by molar-refractivity contribution is 0.0951. The number of hydrogen-bond donors (Lipinski definition) is 4. The summed E-state index contributed by atoms with van der Waals surface area (Å²) in [6, 6.07) is 12.3. The third-order valence-electron chi connectivity index (χ3n) is 3.41. The topological polar surface area (TPSA) is 133 Å². The minimum atomic E-state index is -0.195. The Hall–Kier alpha value is -3.35. The van der Waals surface area contributed by atoms with Gasteiger partial charge < -0.3 is 22.5 Å². The minimum absolute atomic E-state index is 0.121. The van der Waals surface area contributed by atoms with Gasteiger partial charge in [-0.1, -0.05) is 12.1 Å². The largest absolute Gasteiger partial charge is 0.399 e. The highest BCUT2D eigenvalue weighted by atomic mass is 16.1. The van der Waals surface area contributed by atoms with Crippen LogP contribution in [0.4, 0.5) is 17.5 Å². The normalized spacial score (nSPS) is 10.6. The fraction of sp³-hybridized carbons (Fsp3) is 0.0625. The van der Waals surface area contributed by atoms with Gasteiger partial charge in [0.1, 0.15) is 5.82 Å². The number of nitrogens with one attached hydrogen (secondary N) is 1. The molecule has 0 atom stereocenters. The standard InChI is InChI=1S/C16H16N6O/c17-11-3-1-2-10(7-11)15(23)20-8-9-4-5-12-13(6-9)21-16(19)22-14(12)18/h1-7H,8,17H2,(H,20,23)(H4,18,19,21,22). The summed E-state index contributed by atoms with van der Waals surface area (Å²) < 4.78 is 0. The Balaban J connectivity index is 1.78. The molecule has 2 aromatic carbocycles. The number of benzene rings is 2. The molecule has 3 aromatic rings. The van der Waals surface area contributed by atoms with Gasteiger partial charge in [-0.3, -0.25) is 4.79 Å². The number of aromatic nitrogens is 2. The molecule has 0 fully saturated rings. The van der Waals surface area contributed by atoms with E-state index >= 15 is 0 Å². The molecule has 1 aromatic heterocycles. The predicted molar refractivity (Wildman–Crippen MR) is 90.4 cm³/mol. The minimum Gasteiger partial charge on any atom is -0.399 e. The second-order valence-electron chi connectivity index (χ2n) is 5.13. The average molecular weight is 308 g/mol. The highest BCUT2D eigenvalue weighted by Crippen LogP contribution is 2.20. The number of anilines is 3. The van der Waals surface area contributed by atoms with Crippen molar-refractivity contribution in [1.82, 2.24) is 15.3 Å². The van der Waals surface area contributed by atoms with E-state index in [9.17, 15) is 4.79 Å². The van der Waals surface area contributed by atoms with Crippen molar-refractivity contribution in [2.24, 2.45) is 0 Å². The van der Waals surface area contributed by atoms with E-state index in [0.717, 1.165) is 10.9 Å². The van der Waals surface area contributed by atoms with Gasteiger partial charge >= 0.3 is 0 Å². The molecule has 7 N–H and O–H groups in total. The molecule has 3 rings (SSSR count). The zero-order valence-electron chi connectivity index (χ0n) is 12.3. The van der Waals surface area contributed by atoms with Crippen LogP contribution in [0.3, 0.4) is 0 Å².